The van der Waals surface area contributed by atoms with Crippen molar-refractivity contribution in [3.8, 4) is 6.07 Å². The lowest BCUT2D eigenvalue weighted by atomic mass is 10.2. The number of anilines is 1. The molecule has 1 aromatic carbocycles. The van der Waals surface area contributed by atoms with Crippen molar-refractivity contribution in [2.24, 2.45) is 5.73 Å². The molecular formula is C10H10N4O3. The van der Waals surface area contributed by atoms with Gasteiger partial charge in [0.2, 0.25) is 5.91 Å². The van der Waals surface area contributed by atoms with E-state index in [-0.39, 0.29) is 16.9 Å². The van der Waals surface area contributed by atoms with Crippen LogP contribution in [-0.2, 0) is 4.79 Å². The van der Waals surface area contributed by atoms with Gasteiger partial charge in [0.1, 0.15) is 5.69 Å². The lowest BCUT2D eigenvalue weighted by Crippen LogP contribution is -2.32. The first-order chi connectivity index (χ1) is 7.95. The first-order valence-electron chi connectivity index (χ1n) is 4.70. The van der Waals surface area contributed by atoms with E-state index < -0.39 is 16.9 Å². The molecule has 0 saturated heterocycles. The summed E-state index contributed by atoms with van der Waals surface area (Å²) in [4.78, 5) is 21.4. The third kappa shape index (κ3) is 2.99. The molecule has 0 radical (unpaired) electrons. The Morgan fingerprint density at radius 1 is 1.65 bits per heavy atom. The Balaban J connectivity index is 3.12. The minimum absolute atomic E-state index is 0.0244. The van der Waals surface area contributed by atoms with Crippen LogP contribution in [0.5, 0.6) is 0 Å². The number of amides is 1. The zero-order valence-corrected chi connectivity index (χ0v) is 9.01. The summed E-state index contributed by atoms with van der Waals surface area (Å²) in [5, 5.41) is 21.7. The first-order valence-corrected chi connectivity index (χ1v) is 4.70. The van der Waals surface area contributed by atoms with Crippen LogP contribution in [-0.4, -0.2) is 16.9 Å². The maximum Gasteiger partial charge on any atom is 0.294 e. The van der Waals surface area contributed by atoms with E-state index in [4.69, 9.17) is 11.0 Å². The molecule has 0 saturated carbocycles. The smallest absolute Gasteiger partial charge is 0.294 e. The predicted octanol–water partition coefficient (Wildman–Crippen LogP) is 0.752. The number of nitro groups is 1. The molecule has 0 bridgehead atoms. The molecule has 1 amide bonds. The van der Waals surface area contributed by atoms with Crippen molar-refractivity contribution in [3.05, 3.63) is 33.9 Å². The van der Waals surface area contributed by atoms with E-state index in [1.165, 1.54) is 19.1 Å². The van der Waals surface area contributed by atoms with E-state index in [2.05, 4.69) is 5.32 Å². The molecular weight excluding hydrogens is 224 g/mol. The van der Waals surface area contributed by atoms with Gasteiger partial charge >= 0.3 is 0 Å². The molecule has 7 nitrogen and oxygen atoms in total. The topological polar surface area (TPSA) is 122 Å². The zero-order valence-electron chi connectivity index (χ0n) is 9.01. The molecule has 7 heteroatoms. The van der Waals surface area contributed by atoms with Crippen LogP contribution in [0.25, 0.3) is 0 Å². The largest absolute Gasteiger partial charge is 0.320 e. The average Bonchev–Trinajstić information content (AvgIpc) is 2.29. The molecule has 0 spiro atoms. The van der Waals surface area contributed by atoms with Crippen molar-refractivity contribution in [1.82, 2.24) is 0 Å². The molecule has 0 fully saturated rings. The molecule has 88 valence electrons. The van der Waals surface area contributed by atoms with Crippen molar-refractivity contribution in [2.45, 2.75) is 13.0 Å². The highest BCUT2D eigenvalue weighted by atomic mass is 16.6. The van der Waals surface area contributed by atoms with Crippen LogP contribution >= 0.6 is 0 Å². The minimum atomic E-state index is -0.773. The van der Waals surface area contributed by atoms with Gasteiger partial charge < -0.3 is 11.1 Å². The first kappa shape index (κ1) is 12.6. The molecule has 1 rings (SSSR count). The van der Waals surface area contributed by atoms with Crippen molar-refractivity contribution < 1.29 is 9.72 Å². The van der Waals surface area contributed by atoms with Gasteiger partial charge in [-0.05, 0) is 19.1 Å². The lowest BCUT2D eigenvalue weighted by molar-refractivity contribution is -0.383. The Kier molecular flexibility index (Phi) is 3.74. The Labute approximate surface area is 97.0 Å². The fraction of sp³-hybridized carbons (Fsp3) is 0.200. The van der Waals surface area contributed by atoms with Crippen molar-refractivity contribution in [1.29, 1.82) is 5.26 Å². The zero-order chi connectivity index (χ0) is 13.0. The van der Waals surface area contributed by atoms with Gasteiger partial charge in [-0.15, -0.1) is 0 Å². The third-order valence-electron chi connectivity index (χ3n) is 1.99. The number of carbonyl (C=O) groups is 1. The summed E-state index contributed by atoms with van der Waals surface area (Å²) in [5.41, 5.74) is 5.17. The van der Waals surface area contributed by atoms with Crippen molar-refractivity contribution in [2.75, 3.05) is 5.32 Å². The van der Waals surface area contributed by atoms with Crippen molar-refractivity contribution >= 4 is 17.3 Å². The van der Waals surface area contributed by atoms with Crippen LogP contribution in [0.4, 0.5) is 11.4 Å². The number of hydrogen-bond donors (Lipinski definition) is 2. The highest BCUT2D eigenvalue weighted by Crippen LogP contribution is 2.25. The summed E-state index contributed by atoms with van der Waals surface area (Å²) in [6.07, 6.45) is 0. The van der Waals surface area contributed by atoms with E-state index in [0.29, 0.717) is 0 Å². The van der Waals surface area contributed by atoms with Gasteiger partial charge in [0.15, 0.2) is 0 Å². The fourth-order valence-corrected chi connectivity index (χ4v) is 1.10. The molecule has 0 unspecified atom stereocenters. The summed E-state index contributed by atoms with van der Waals surface area (Å²) >= 11 is 0. The molecule has 0 aliphatic carbocycles. The van der Waals surface area contributed by atoms with Gasteiger partial charge in [-0.3, -0.25) is 14.9 Å². The van der Waals surface area contributed by atoms with Gasteiger partial charge in [-0.2, -0.15) is 5.26 Å². The molecule has 0 aliphatic heterocycles. The highest BCUT2D eigenvalue weighted by Gasteiger charge is 2.18. The normalized spacial score (nSPS) is 11.4. The van der Waals surface area contributed by atoms with E-state index in [0.717, 1.165) is 6.07 Å². The molecule has 1 aromatic rings. The van der Waals surface area contributed by atoms with Crippen LogP contribution < -0.4 is 11.1 Å². The minimum Gasteiger partial charge on any atom is -0.320 e. The number of benzene rings is 1. The second kappa shape index (κ2) is 5.05. The van der Waals surface area contributed by atoms with E-state index in [1.807, 2.05) is 0 Å². The van der Waals surface area contributed by atoms with Gasteiger partial charge in [0.05, 0.1) is 22.6 Å². The summed E-state index contributed by atoms with van der Waals surface area (Å²) in [6, 6.07) is 4.79. The number of nitrogens with zero attached hydrogens (tertiary/aromatic N) is 2. The molecule has 1 atom stereocenters. The predicted molar refractivity (Wildman–Crippen MR) is 60.1 cm³/mol. The Morgan fingerprint density at radius 2 is 2.29 bits per heavy atom. The van der Waals surface area contributed by atoms with Crippen LogP contribution in [0.1, 0.15) is 12.5 Å². The number of carbonyl (C=O) groups excluding carboxylic acids is 1. The number of rotatable bonds is 3. The van der Waals surface area contributed by atoms with Crippen LogP contribution in [0.3, 0.4) is 0 Å². The van der Waals surface area contributed by atoms with Gasteiger partial charge in [0, 0.05) is 6.07 Å². The number of nitrogens with two attached hydrogens (primary N) is 1. The van der Waals surface area contributed by atoms with E-state index in [1.54, 1.807) is 6.07 Å². The molecule has 0 aromatic heterocycles. The number of nitro benzene ring substituents is 1. The van der Waals surface area contributed by atoms with Crippen LogP contribution in [0, 0.1) is 21.4 Å². The number of nitrogens with one attached hydrogen (secondary N) is 1. The second-order valence-electron chi connectivity index (χ2n) is 3.38. The van der Waals surface area contributed by atoms with Gasteiger partial charge in [-0.25, -0.2) is 0 Å². The van der Waals surface area contributed by atoms with Gasteiger partial charge in [-0.1, -0.05) is 0 Å². The lowest BCUT2D eigenvalue weighted by Gasteiger charge is -2.08. The summed E-state index contributed by atoms with van der Waals surface area (Å²) in [5.74, 6) is -0.530. The molecule has 0 aliphatic rings. The van der Waals surface area contributed by atoms with Gasteiger partial charge in [0.25, 0.3) is 5.69 Å². The Morgan fingerprint density at radius 3 is 2.76 bits per heavy atom. The number of nitriles is 1. The van der Waals surface area contributed by atoms with Crippen LogP contribution in [0.15, 0.2) is 18.2 Å². The standard InChI is InChI=1S/C10H10N4O3/c1-6(12)10(15)13-8-3-2-7(5-11)4-9(8)14(16)17/h2-4,6H,12H2,1H3,(H,13,15)/t6-/m0/s1. The maximum atomic E-state index is 11.3. The second-order valence-corrected chi connectivity index (χ2v) is 3.38. The third-order valence-corrected chi connectivity index (χ3v) is 1.99. The summed E-state index contributed by atoms with van der Waals surface area (Å²) in [6.45, 7) is 1.46. The average molecular weight is 234 g/mol. The fourth-order valence-electron chi connectivity index (χ4n) is 1.10. The molecule has 17 heavy (non-hydrogen) atoms. The van der Waals surface area contributed by atoms with Crippen molar-refractivity contribution in [3.63, 3.8) is 0 Å². The summed E-state index contributed by atoms with van der Waals surface area (Å²) < 4.78 is 0. The van der Waals surface area contributed by atoms with Crippen LogP contribution in [0.2, 0.25) is 0 Å². The quantitative estimate of drug-likeness (QED) is 0.590. The number of hydrogen-bond acceptors (Lipinski definition) is 5. The summed E-state index contributed by atoms with van der Waals surface area (Å²) in [7, 11) is 0. The Hall–Kier alpha value is -2.46. The Bertz CT molecular complexity index is 505. The van der Waals surface area contributed by atoms with E-state index in [9.17, 15) is 14.9 Å². The monoisotopic (exact) mass is 234 g/mol. The van der Waals surface area contributed by atoms with E-state index >= 15 is 0 Å². The SMILES string of the molecule is C[C@H](N)C(=O)Nc1ccc(C#N)cc1[N+](=O)[O-]. The maximum absolute atomic E-state index is 11.3. The highest BCUT2D eigenvalue weighted by molar-refractivity contribution is 5.96. The molecule has 0 heterocycles. The molecule has 3 N–H and O–H groups in total.